The quantitative estimate of drug-likeness (QED) is 0.0977. The average molecular weight is 731 g/mol. The van der Waals surface area contributed by atoms with E-state index in [9.17, 15) is 29.4 Å². The highest BCUT2D eigenvalue weighted by molar-refractivity contribution is 5.94. The van der Waals surface area contributed by atoms with E-state index in [4.69, 9.17) is 0 Å². The van der Waals surface area contributed by atoms with Crippen molar-refractivity contribution >= 4 is 23.6 Å². The predicted octanol–water partition coefficient (Wildman–Crippen LogP) is 3.56. The maximum atomic E-state index is 13.8. The van der Waals surface area contributed by atoms with Gasteiger partial charge in [0.25, 0.3) is 0 Å². The Labute approximate surface area is 316 Å². The Morgan fingerprint density at radius 2 is 0.741 bits per heavy atom. The monoisotopic (exact) mass is 730 g/mol. The van der Waals surface area contributed by atoms with Gasteiger partial charge in [-0.25, -0.2) is 0 Å². The van der Waals surface area contributed by atoms with Crippen molar-refractivity contribution in [2.45, 2.75) is 64.1 Å². The van der Waals surface area contributed by atoms with Crippen LogP contribution in [0.5, 0.6) is 0 Å². The molecular formula is C44H50N4O6. The highest BCUT2D eigenvalue weighted by Crippen LogP contribution is 2.47. The second kappa shape index (κ2) is 17.7. The molecular weight excluding hydrogens is 681 g/mol. The van der Waals surface area contributed by atoms with Gasteiger partial charge in [-0.15, -0.1) is 0 Å². The minimum atomic E-state index is -1.50. The molecule has 54 heavy (non-hydrogen) atoms. The van der Waals surface area contributed by atoms with Crippen LogP contribution >= 0.6 is 0 Å². The zero-order valence-corrected chi connectivity index (χ0v) is 30.7. The summed E-state index contributed by atoms with van der Waals surface area (Å²) >= 11 is 0. The lowest BCUT2D eigenvalue weighted by Gasteiger charge is -2.33. The topological polar surface area (TPSA) is 157 Å². The number of carbonyl (C=O) groups is 4. The van der Waals surface area contributed by atoms with Crippen molar-refractivity contribution in [3.8, 4) is 0 Å². The fourth-order valence-corrected chi connectivity index (χ4v) is 7.62. The van der Waals surface area contributed by atoms with Crippen LogP contribution in [0.2, 0.25) is 0 Å². The van der Waals surface area contributed by atoms with E-state index < -0.39 is 48.0 Å². The van der Waals surface area contributed by atoms with Crippen molar-refractivity contribution in [1.29, 1.82) is 0 Å². The fourth-order valence-electron chi connectivity index (χ4n) is 7.62. The Balaban J connectivity index is 1.14. The van der Waals surface area contributed by atoms with E-state index in [-0.39, 0.29) is 48.3 Å². The van der Waals surface area contributed by atoms with Crippen LogP contribution in [0.4, 0.5) is 0 Å². The minimum absolute atomic E-state index is 0.200. The summed E-state index contributed by atoms with van der Waals surface area (Å²) in [6.45, 7) is 4.42. The van der Waals surface area contributed by atoms with Crippen molar-refractivity contribution in [3.05, 3.63) is 144 Å². The first-order valence-electron chi connectivity index (χ1n) is 18.8. The van der Waals surface area contributed by atoms with Crippen LogP contribution in [0.15, 0.2) is 121 Å². The van der Waals surface area contributed by atoms with E-state index >= 15 is 0 Å². The maximum absolute atomic E-state index is 13.8. The first-order chi connectivity index (χ1) is 26.1. The molecule has 0 radical (unpaired) electrons. The van der Waals surface area contributed by atoms with Crippen LogP contribution in [-0.2, 0) is 45.1 Å². The molecule has 2 fully saturated rings. The number of hydrogen-bond acceptors (Lipinski definition) is 6. The van der Waals surface area contributed by atoms with Gasteiger partial charge >= 0.3 is 0 Å². The third-order valence-electron chi connectivity index (χ3n) is 11.0. The molecule has 6 rings (SSSR count). The fraction of sp³-hybridized carbons (Fsp3) is 0.364. The van der Waals surface area contributed by atoms with Crippen LogP contribution in [0.3, 0.4) is 0 Å². The van der Waals surface area contributed by atoms with Gasteiger partial charge in [0.15, 0.2) is 0 Å². The third-order valence-corrected chi connectivity index (χ3v) is 11.0. The number of hydrogen-bond donors (Lipinski definition) is 6. The van der Waals surface area contributed by atoms with Crippen LogP contribution in [0.25, 0.3) is 0 Å². The molecule has 0 spiro atoms. The molecule has 0 heterocycles. The molecule has 6 N–H and O–H groups in total. The first-order valence-corrected chi connectivity index (χ1v) is 18.8. The van der Waals surface area contributed by atoms with Gasteiger partial charge < -0.3 is 31.5 Å². The largest absolute Gasteiger partial charge is 0.388 e. The third kappa shape index (κ3) is 9.61. The Morgan fingerprint density at radius 3 is 1.06 bits per heavy atom. The van der Waals surface area contributed by atoms with Gasteiger partial charge in [0, 0.05) is 13.1 Å². The zero-order chi connectivity index (χ0) is 38.2. The molecule has 0 unspecified atom stereocenters. The Bertz CT molecular complexity index is 1720. The summed E-state index contributed by atoms with van der Waals surface area (Å²) in [4.78, 5) is 53.7. The Hall–Kier alpha value is -5.32. The molecule has 0 saturated heterocycles. The molecule has 4 aromatic rings. The van der Waals surface area contributed by atoms with E-state index in [1.807, 2.05) is 135 Å². The number of amides is 4. The molecule has 0 aromatic heterocycles. The Morgan fingerprint density at radius 1 is 0.463 bits per heavy atom. The van der Waals surface area contributed by atoms with Crippen LogP contribution in [-0.4, -0.2) is 58.1 Å². The summed E-state index contributed by atoms with van der Waals surface area (Å²) < 4.78 is 0. The van der Waals surface area contributed by atoms with Gasteiger partial charge in [-0.1, -0.05) is 135 Å². The van der Waals surface area contributed by atoms with Crippen molar-refractivity contribution < 1.29 is 29.4 Å². The predicted molar refractivity (Wildman–Crippen MR) is 205 cm³/mol. The maximum Gasteiger partial charge on any atom is 0.224 e. The molecule has 4 amide bonds. The molecule has 4 aromatic carbocycles. The number of aliphatic hydroxyl groups excluding tert-OH is 2. The van der Waals surface area contributed by atoms with Crippen molar-refractivity contribution in [1.82, 2.24) is 21.3 Å². The SMILES string of the molecule is C[C@H]1[C@@H](C(=O)NCc2ccccc2)[C@@H]1C(=O)N[C@@H](Cc1ccccc1)[C@@H](O)[C@H](O)[C@H](Cc1ccccc1)NC(=O)[C@@H]1[C@@H](C)[C@H]1C(=O)NCc1ccccc1. The second-order valence-electron chi connectivity index (χ2n) is 14.8. The molecule has 2 aliphatic carbocycles. The molecule has 0 aliphatic heterocycles. The average Bonchev–Trinajstić information content (AvgIpc) is 4.09. The minimum Gasteiger partial charge on any atom is -0.388 e. The molecule has 10 nitrogen and oxygen atoms in total. The van der Waals surface area contributed by atoms with Crippen molar-refractivity contribution in [2.24, 2.45) is 35.5 Å². The normalized spacial score (nSPS) is 23.5. The number of nitrogens with one attached hydrogen (secondary N) is 4. The smallest absolute Gasteiger partial charge is 0.224 e. The lowest BCUT2D eigenvalue weighted by atomic mass is 9.90. The molecule has 0 bridgehead atoms. The molecule has 2 saturated carbocycles. The first kappa shape index (κ1) is 38.4. The van der Waals surface area contributed by atoms with E-state index in [2.05, 4.69) is 21.3 Å². The molecule has 10 atom stereocenters. The highest BCUT2D eigenvalue weighted by atomic mass is 16.3. The summed E-state index contributed by atoms with van der Waals surface area (Å²) in [5, 5.41) is 35.5. The van der Waals surface area contributed by atoms with E-state index in [0.717, 1.165) is 22.3 Å². The van der Waals surface area contributed by atoms with Gasteiger partial charge in [-0.3, -0.25) is 19.2 Å². The van der Waals surface area contributed by atoms with E-state index in [0.29, 0.717) is 13.1 Å². The van der Waals surface area contributed by atoms with Gasteiger partial charge in [-0.2, -0.15) is 0 Å². The zero-order valence-electron chi connectivity index (χ0n) is 30.7. The van der Waals surface area contributed by atoms with E-state index in [1.54, 1.807) is 0 Å². The molecule has 10 heteroatoms. The second-order valence-corrected chi connectivity index (χ2v) is 14.8. The lowest BCUT2D eigenvalue weighted by Crippen LogP contribution is -2.57. The lowest BCUT2D eigenvalue weighted by molar-refractivity contribution is -0.130. The number of benzene rings is 4. The Kier molecular flexibility index (Phi) is 12.6. The van der Waals surface area contributed by atoms with Gasteiger partial charge in [-0.05, 0) is 46.9 Å². The van der Waals surface area contributed by atoms with Crippen LogP contribution in [0, 0.1) is 35.5 Å². The molecule has 2 aliphatic rings. The summed E-state index contributed by atoms with van der Waals surface area (Å²) in [5.41, 5.74) is 3.57. The van der Waals surface area contributed by atoms with Gasteiger partial charge in [0.2, 0.25) is 23.6 Å². The standard InChI is InChI=1S/C44H50N4O6/c1-27-35(41(51)45-25-31-19-11-5-12-20-31)37(27)43(53)47-33(23-29-15-7-3-8-16-29)39(49)40(50)34(24-30-17-9-4-10-18-30)48-44(54)38-28(2)36(38)42(52)46-26-32-21-13-6-14-22-32/h3-22,27-28,33-40,49-50H,23-26H2,1-2H3,(H,45,51)(H,46,52)(H,47,53)(H,48,54)/t27-,28-,33-,34-,35+,36+,37+,38+,39+,40+/m0/s1. The summed E-state index contributed by atoms with van der Waals surface area (Å²) in [7, 11) is 0. The van der Waals surface area contributed by atoms with Crippen molar-refractivity contribution in [3.63, 3.8) is 0 Å². The summed E-state index contributed by atoms with van der Waals surface area (Å²) in [6, 6.07) is 35.8. The van der Waals surface area contributed by atoms with Gasteiger partial charge in [0.05, 0.1) is 35.8 Å². The molecule has 282 valence electrons. The summed E-state index contributed by atoms with van der Waals surface area (Å²) in [6.07, 6.45) is -2.59. The van der Waals surface area contributed by atoms with Gasteiger partial charge in [0.1, 0.15) is 12.2 Å². The number of carbonyl (C=O) groups excluding carboxylic acids is 4. The number of aliphatic hydroxyl groups is 2. The highest BCUT2D eigenvalue weighted by Gasteiger charge is 2.57. The van der Waals surface area contributed by atoms with Crippen LogP contribution < -0.4 is 21.3 Å². The summed E-state index contributed by atoms with van der Waals surface area (Å²) in [5.74, 6) is -3.81. The number of rotatable bonds is 17. The van der Waals surface area contributed by atoms with Crippen LogP contribution in [0.1, 0.15) is 36.1 Å². The van der Waals surface area contributed by atoms with E-state index in [1.165, 1.54) is 0 Å². The van der Waals surface area contributed by atoms with Crippen molar-refractivity contribution in [2.75, 3.05) is 0 Å².